The summed E-state index contributed by atoms with van der Waals surface area (Å²) in [6.45, 7) is 0.149. The number of esters is 1. The van der Waals surface area contributed by atoms with Crippen LogP contribution < -0.4 is 0 Å². The van der Waals surface area contributed by atoms with Gasteiger partial charge in [-0.15, -0.1) is 11.6 Å². The Morgan fingerprint density at radius 2 is 2.11 bits per heavy atom. The van der Waals surface area contributed by atoms with Gasteiger partial charge in [-0.2, -0.15) is 0 Å². The summed E-state index contributed by atoms with van der Waals surface area (Å²) in [5.41, 5.74) is 0. The second kappa shape index (κ2) is 5.15. The van der Waals surface area contributed by atoms with Crippen LogP contribution in [0.5, 0.6) is 0 Å². The van der Waals surface area contributed by atoms with Crippen LogP contribution in [-0.2, 0) is 9.53 Å². The molecule has 0 rings (SSSR count). The standard InChI is InChI=1S/C4H5Cl3O2/c5-1-2-9-4(8)3(6)7/h3H,1-2H2. The van der Waals surface area contributed by atoms with E-state index in [9.17, 15) is 4.79 Å². The van der Waals surface area contributed by atoms with Gasteiger partial charge in [0, 0.05) is 0 Å². The Morgan fingerprint density at radius 1 is 1.56 bits per heavy atom. The third-order valence-corrected chi connectivity index (χ3v) is 1.01. The van der Waals surface area contributed by atoms with Crippen LogP contribution in [0.25, 0.3) is 0 Å². The van der Waals surface area contributed by atoms with Crippen LogP contribution in [0.15, 0.2) is 0 Å². The van der Waals surface area contributed by atoms with E-state index in [0.717, 1.165) is 0 Å². The molecule has 0 aromatic heterocycles. The molecule has 54 valence electrons. The Morgan fingerprint density at radius 3 is 2.44 bits per heavy atom. The maximum Gasteiger partial charge on any atom is 0.339 e. The SMILES string of the molecule is O=C(OCCCl)C(Cl)Cl. The smallest absolute Gasteiger partial charge is 0.339 e. The van der Waals surface area contributed by atoms with Crippen LogP contribution in [0.4, 0.5) is 0 Å². The summed E-state index contributed by atoms with van der Waals surface area (Å²) in [5, 5.41) is 0. The van der Waals surface area contributed by atoms with Crippen molar-refractivity contribution in [2.75, 3.05) is 12.5 Å². The monoisotopic (exact) mass is 190 g/mol. The Kier molecular flexibility index (Phi) is 5.35. The number of hydrogen-bond donors (Lipinski definition) is 0. The molecule has 0 N–H and O–H groups in total. The van der Waals surface area contributed by atoms with E-state index in [1.807, 2.05) is 0 Å². The zero-order valence-corrected chi connectivity index (χ0v) is 6.71. The second-order valence-corrected chi connectivity index (χ2v) is 2.63. The van der Waals surface area contributed by atoms with Crippen molar-refractivity contribution < 1.29 is 9.53 Å². The van der Waals surface area contributed by atoms with Crippen molar-refractivity contribution in [2.24, 2.45) is 0 Å². The number of halogens is 3. The van der Waals surface area contributed by atoms with E-state index in [1.54, 1.807) is 0 Å². The first kappa shape index (κ1) is 9.34. The maximum atomic E-state index is 10.4. The Bertz CT molecular complexity index is 93.8. The Hall–Kier alpha value is 0.340. The van der Waals surface area contributed by atoms with E-state index in [0.29, 0.717) is 0 Å². The maximum absolute atomic E-state index is 10.4. The quantitative estimate of drug-likeness (QED) is 0.500. The van der Waals surface area contributed by atoms with Gasteiger partial charge in [0.25, 0.3) is 0 Å². The molecule has 0 aliphatic rings. The lowest BCUT2D eigenvalue weighted by atomic mass is 10.7. The first-order valence-electron chi connectivity index (χ1n) is 2.19. The average Bonchev–Trinajstić information content (AvgIpc) is 1.82. The van der Waals surface area contributed by atoms with E-state index in [-0.39, 0.29) is 12.5 Å². The van der Waals surface area contributed by atoms with E-state index in [4.69, 9.17) is 34.8 Å². The van der Waals surface area contributed by atoms with Gasteiger partial charge in [-0.05, 0) is 0 Å². The van der Waals surface area contributed by atoms with Crippen molar-refractivity contribution in [2.45, 2.75) is 4.84 Å². The minimum Gasteiger partial charge on any atom is -0.462 e. The molecule has 0 saturated carbocycles. The Balaban J connectivity index is 3.28. The van der Waals surface area contributed by atoms with Crippen LogP contribution in [-0.4, -0.2) is 23.3 Å². The fraction of sp³-hybridized carbons (Fsp3) is 0.750. The normalized spacial score (nSPS) is 9.78. The van der Waals surface area contributed by atoms with Crippen molar-refractivity contribution >= 4 is 40.8 Å². The molecule has 9 heavy (non-hydrogen) atoms. The summed E-state index contributed by atoms with van der Waals surface area (Å²) >= 11 is 15.4. The van der Waals surface area contributed by atoms with Gasteiger partial charge < -0.3 is 4.74 Å². The highest BCUT2D eigenvalue weighted by Gasteiger charge is 2.11. The molecule has 0 aliphatic carbocycles. The van der Waals surface area contributed by atoms with Gasteiger partial charge in [-0.1, -0.05) is 23.2 Å². The van der Waals surface area contributed by atoms with E-state index in [1.165, 1.54) is 0 Å². The molecule has 5 heteroatoms. The zero-order valence-electron chi connectivity index (χ0n) is 4.44. The molecule has 0 radical (unpaired) electrons. The molecule has 0 heterocycles. The minimum atomic E-state index is -1.10. The molecular weight excluding hydrogens is 186 g/mol. The average molecular weight is 191 g/mol. The second-order valence-electron chi connectivity index (χ2n) is 1.16. The van der Waals surface area contributed by atoms with Crippen LogP contribution in [0.3, 0.4) is 0 Å². The van der Waals surface area contributed by atoms with Crippen molar-refractivity contribution in [3.05, 3.63) is 0 Å². The lowest BCUT2D eigenvalue weighted by Gasteiger charge is -2.00. The molecule has 0 amide bonds. The number of hydrogen-bond acceptors (Lipinski definition) is 2. The number of carbonyl (C=O) groups excluding carboxylic acids is 1. The summed E-state index contributed by atoms with van der Waals surface area (Å²) in [4.78, 5) is 9.25. The third-order valence-electron chi connectivity index (χ3n) is 0.500. The molecule has 0 saturated heterocycles. The molecular formula is C4H5Cl3O2. The van der Waals surface area contributed by atoms with E-state index in [2.05, 4.69) is 4.74 Å². The number of carbonyl (C=O) groups is 1. The molecule has 0 aromatic carbocycles. The van der Waals surface area contributed by atoms with E-state index >= 15 is 0 Å². The van der Waals surface area contributed by atoms with Crippen molar-refractivity contribution in [3.63, 3.8) is 0 Å². The van der Waals surface area contributed by atoms with Gasteiger partial charge in [0.1, 0.15) is 6.61 Å². The highest BCUT2D eigenvalue weighted by atomic mass is 35.5. The highest BCUT2D eigenvalue weighted by molar-refractivity contribution is 6.52. The molecule has 0 atom stereocenters. The third kappa shape index (κ3) is 4.82. The molecule has 2 nitrogen and oxygen atoms in total. The number of alkyl halides is 3. The van der Waals surface area contributed by atoms with Gasteiger partial charge in [0.15, 0.2) is 0 Å². The van der Waals surface area contributed by atoms with Crippen LogP contribution >= 0.6 is 34.8 Å². The number of ether oxygens (including phenoxy) is 1. The predicted molar refractivity (Wildman–Crippen MR) is 37.2 cm³/mol. The first-order chi connectivity index (χ1) is 4.18. The molecule has 0 fully saturated rings. The zero-order chi connectivity index (χ0) is 7.28. The summed E-state index contributed by atoms with van der Waals surface area (Å²) in [6.07, 6.45) is 0. The minimum absolute atomic E-state index is 0.149. The van der Waals surface area contributed by atoms with E-state index < -0.39 is 10.8 Å². The summed E-state index contributed by atoms with van der Waals surface area (Å²) in [5.74, 6) is -0.398. The van der Waals surface area contributed by atoms with Crippen LogP contribution in [0, 0.1) is 0 Å². The fourth-order valence-corrected chi connectivity index (χ4v) is 0.405. The molecule has 0 unspecified atom stereocenters. The number of rotatable bonds is 3. The Labute approximate surface area is 68.0 Å². The largest absolute Gasteiger partial charge is 0.462 e. The highest BCUT2D eigenvalue weighted by Crippen LogP contribution is 2.03. The van der Waals surface area contributed by atoms with Gasteiger partial charge in [0.2, 0.25) is 4.84 Å². The summed E-state index contributed by atoms with van der Waals surface area (Å²) < 4.78 is 4.42. The predicted octanol–water partition coefficient (Wildman–Crippen LogP) is 1.57. The molecule has 0 bridgehead atoms. The van der Waals surface area contributed by atoms with Gasteiger partial charge in [-0.3, -0.25) is 0 Å². The molecule has 0 aromatic rings. The van der Waals surface area contributed by atoms with Gasteiger partial charge in [-0.25, -0.2) is 4.79 Å². The molecule has 0 spiro atoms. The van der Waals surface area contributed by atoms with Crippen molar-refractivity contribution in [1.29, 1.82) is 0 Å². The van der Waals surface area contributed by atoms with Crippen LogP contribution in [0.2, 0.25) is 0 Å². The van der Waals surface area contributed by atoms with Crippen molar-refractivity contribution in [1.82, 2.24) is 0 Å². The fourth-order valence-electron chi connectivity index (χ4n) is 0.202. The first-order valence-corrected chi connectivity index (χ1v) is 3.60. The van der Waals surface area contributed by atoms with Gasteiger partial charge >= 0.3 is 5.97 Å². The lowest BCUT2D eigenvalue weighted by molar-refractivity contribution is -0.140. The van der Waals surface area contributed by atoms with Crippen LogP contribution in [0.1, 0.15) is 0 Å². The van der Waals surface area contributed by atoms with Gasteiger partial charge in [0.05, 0.1) is 5.88 Å². The van der Waals surface area contributed by atoms with Crippen molar-refractivity contribution in [3.8, 4) is 0 Å². The molecule has 0 aliphatic heterocycles. The summed E-state index contributed by atoms with van der Waals surface area (Å²) in [7, 11) is 0. The lowest BCUT2D eigenvalue weighted by Crippen LogP contribution is -2.13. The summed E-state index contributed by atoms with van der Waals surface area (Å²) in [6, 6.07) is 0. The topological polar surface area (TPSA) is 26.3 Å².